The number of halogens is 4. The quantitative estimate of drug-likeness (QED) is 0.693. The molecule has 2 unspecified atom stereocenters. The molecule has 2 atom stereocenters. The average molecular weight is 319 g/mol. The third kappa shape index (κ3) is 3.28. The van der Waals surface area contributed by atoms with E-state index >= 15 is 0 Å². The van der Waals surface area contributed by atoms with Crippen molar-refractivity contribution in [3.8, 4) is 0 Å². The van der Waals surface area contributed by atoms with E-state index < -0.39 is 11.7 Å². The smallest absolute Gasteiger partial charge is 0.356 e. The van der Waals surface area contributed by atoms with Gasteiger partial charge in [0.15, 0.2) is 0 Å². The molecule has 2 aliphatic rings. The SMILES string of the molecule is FC(F)(F)c1cc(Cl)nc(N2CCC3CCCCC3C2)c1. The van der Waals surface area contributed by atoms with Crippen LogP contribution in [0.15, 0.2) is 12.1 Å². The minimum Gasteiger partial charge on any atom is -0.356 e. The molecule has 1 saturated carbocycles. The number of pyridine rings is 1. The third-order valence-corrected chi connectivity index (χ3v) is 4.92. The first-order valence-corrected chi connectivity index (χ1v) is 7.81. The molecule has 1 aliphatic carbocycles. The van der Waals surface area contributed by atoms with Gasteiger partial charge in [-0.25, -0.2) is 4.98 Å². The predicted octanol–water partition coefficient (Wildman–Crippen LogP) is 4.77. The lowest BCUT2D eigenvalue weighted by molar-refractivity contribution is -0.137. The van der Waals surface area contributed by atoms with Gasteiger partial charge >= 0.3 is 6.18 Å². The van der Waals surface area contributed by atoms with E-state index in [9.17, 15) is 13.2 Å². The summed E-state index contributed by atoms with van der Waals surface area (Å²) in [6.07, 6.45) is 1.61. The number of hydrogen-bond acceptors (Lipinski definition) is 2. The lowest BCUT2D eigenvalue weighted by Crippen LogP contribution is -2.42. The summed E-state index contributed by atoms with van der Waals surface area (Å²) in [6.45, 7) is 1.57. The van der Waals surface area contributed by atoms with E-state index in [0.29, 0.717) is 11.7 Å². The largest absolute Gasteiger partial charge is 0.416 e. The fraction of sp³-hybridized carbons (Fsp3) is 0.667. The van der Waals surface area contributed by atoms with Gasteiger partial charge in [-0.05, 0) is 36.8 Å². The maximum Gasteiger partial charge on any atom is 0.416 e. The number of piperidine rings is 1. The van der Waals surface area contributed by atoms with Crippen LogP contribution in [0.4, 0.5) is 19.0 Å². The molecule has 116 valence electrons. The maximum absolute atomic E-state index is 12.9. The zero-order chi connectivity index (χ0) is 15.0. The van der Waals surface area contributed by atoms with Crippen LogP contribution in [0.5, 0.6) is 0 Å². The van der Waals surface area contributed by atoms with Crippen molar-refractivity contribution in [2.45, 2.75) is 38.3 Å². The molecule has 1 aromatic rings. The van der Waals surface area contributed by atoms with Crippen LogP contribution in [0.25, 0.3) is 0 Å². The van der Waals surface area contributed by atoms with Crippen LogP contribution < -0.4 is 4.90 Å². The molecule has 0 aromatic carbocycles. The molecule has 0 amide bonds. The van der Waals surface area contributed by atoms with Crippen LogP contribution in [0, 0.1) is 11.8 Å². The summed E-state index contributed by atoms with van der Waals surface area (Å²) in [7, 11) is 0. The molecule has 21 heavy (non-hydrogen) atoms. The standard InChI is InChI=1S/C15H18ClF3N2/c16-13-7-12(15(17,18)19)8-14(20-13)21-6-5-10-3-1-2-4-11(10)9-21/h7-8,10-11H,1-6,9H2. The second-order valence-corrected chi connectivity index (χ2v) is 6.46. The third-order valence-electron chi connectivity index (χ3n) is 4.72. The molecular weight excluding hydrogens is 301 g/mol. The first-order chi connectivity index (χ1) is 9.93. The minimum absolute atomic E-state index is 0.0920. The van der Waals surface area contributed by atoms with Gasteiger partial charge in [0.25, 0.3) is 0 Å². The molecule has 0 N–H and O–H groups in total. The summed E-state index contributed by atoms with van der Waals surface area (Å²) >= 11 is 5.77. The van der Waals surface area contributed by atoms with E-state index in [-0.39, 0.29) is 5.15 Å². The Morgan fingerprint density at radius 3 is 2.52 bits per heavy atom. The molecule has 3 rings (SSSR count). The normalized spacial score (nSPS) is 26.6. The van der Waals surface area contributed by atoms with Crippen molar-refractivity contribution in [2.24, 2.45) is 11.8 Å². The van der Waals surface area contributed by atoms with Gasteiger partial charge in [-0.2, -0.15) is 13.2 Å². The van der Waals surface area contributed by atoms with Crippen molar-refractivity contribution in [3.05, 3.63) is 22.8 Å². The minimum atomic E-state index is -4.38. The zero-order valence-electron chi connectivity index (χ0n) is 11.7. The molecule has 2 heterocycles. The predicted molar refractivity (Wildman–Crippen MR) is 76.5 cm³/mol. The lowest BCUT2D eigenvalue weighted by Gasteiger charge is -2.41. The number of nitrogens with zero attached hydrogens (tertiary/aromatic N) is 2. The lowest BCUT2D eigenvalue weighted by atomic mass is 9.75. The topological polar surface area (TPSA) is 16.1 Å². The number of fused-ring (bicyclic) bond motifs is 1. The van der Waals surface area contributed by atoms with Crippen molar-refractivity contribution in [3.63, 3.8) is 0 Å². The Kier molecular flexibility index (Phi) is 4.04. The summed E-state index contributed by atoms with van der Waals surface area (Å²) in [5.74, 6) is 1.68. The fourth-order valence-corrected chi connectivity index (χ4v) is 3.82. The number of hydrogen-bond donors (Lipinski definition) is 0. The molecule has 2 fully saturated rings. The second-order valence-electron chi connectivity index (χ2n) is 6.07. The Morgan fingerprint density at radius 1 is 1.10 bits per heavy atom. The zero-order valence-corrected chi connectivity index (χ0v) is 12.4. The molecule has 0 spiro atoms. The molecular formula is C15H18ClF3N2. The second kappa shape index (κ2) is 5.67. The van der Waals surface area contributed by atoms with Gasteiger partial charge in [0.2, 0.25) is 0 Å². The van der Waals surface area contributed by atoms with Gasteiger partial charge in [-0.15, -0.1) is 0 Å². The molecule has 0 bridgehead atoms. The van der Waals surface area contributed by atoms with E-state index in [2.05, 4.69) is 4.98 Å². The van der Waals surface area contributed by atoms with E-state index in [1.807, 2.05) is 4.90 Å². The monoisotopic (exact) mass is 318 g/mol. The molecule has 1 saturated heterocycles. The summed E-state index contributed by atoms with van der Waals surface area (Å²) in [6, 6.07) is 2.01. The van der Waals surface area contributed by atoms with Crippen LogP contribution in [-0.4, -0.2) is 18.1 Å². The van der Waals surface area contributed by atoms with Crippen LogP contribution in [0.2, 0.25) is 5.15 Å². The fourth-order valence-electron chi connectivity index (χ4n) is 3.62. The van der Waals surface area contributed by atoms with Gasteiger partial charge in [0.1, 0.15) is 11.0 Å². The summed E-state index contributed by atoms with van der Waals surface area (Å²) in [5, 5.41) is -0.0920. The molecule has 0 radical (unpaired) electrons. The van der Waals surface area contributed by atoms with Crippen molar-refractivity contribution in [1.82, 2.24) is 4.98 Å². The van der Waals surface area contributed by atoms with E-state index in [1.165, 1.54) is 25.7 Å². The Bertz CT molecular complexity index is 518. The summed E-state index contributed by atoms with van der Waals surface area (Å²) in [4.78, 5) is 6.07. The number of anilines is 1. The van der Waals surface area contributed by atoms with Gasteiger partial charge < -0.3 is 4.90 Å². The Labute approximate surface area is 127 Å². The molecule has 2 nitrogen and oxygen atoms in total. The first kappa shape index (κ1) is 14.9. The van der Waals surface area contributed by atoms with Crippen molar-refractivity contribution in [2.75, 3.05) is 18.0 Å². The maximum atomic E-state index is 12.9. The van der Waals surface area contributed by atoms with Crippen molar-refractivity contribution in [1.29, 1.82) is 0 Å². The van der Waals surface area contributed by atoms with Crippen molar-refractivity contribution >= 4 is 17.4 Å². The molecule has 6 heteroatoms. The molecule has 1 aromatic heterocycles. The van der Waals surface area contributed by atoms with E-state index in [0.717, 1.165) is 37.6 Å². The van der Waals surface area contributed by atoms with Gasteiger partial charge in [0.05, 0.1) is 5.56 Å². The van der Waals surface area contributed by atoms with Crippen LogP contribution in [-0.2, 0) is 6.18 Å². The highest BCUT2D eigenvalue weighted by atomic mass is 35.5. The first-order valence-electron chi connectivity index (χ1n) is 7.43. The van der Waals surface area contributed by atoms with Crippen LogP contribution in [0.3, 0.4) is 0 Å². The van der Waals surface area contributed by atoms with E-state index in [4.69, 9.17) is 11.6 Å². The number of rotatable bonds is 1. The Morgan fingerprint density at radius 2 is 1.81 bits per heavy atom. The molecule has 1 aliphatic heterocycles. The Hall–Kier alpha value is -0.970. The van der Waals surface area contributed by atoms with E-state index in [1.54, 1.807) is 0 Å². The average Bonchev–Trinajstić information content (AvgIpc) is 2.45. The highest BCUT2D eigenvalue weighted by Gasteiger charge is 2.34. The highest BCUT2D eigenvalue weighted by Crippen LogP contribution is 2.38. The summed E-state index contributed by atoms with van der Waals surface area (Å²) < 4.78 is 38.6. The highest BCUT2D eigenvalue weighted by molar-refractivity contribution is 6.29. The van der Waals surface area contributed by atoms with Gasteiger partial charge in [0, 0.05) is 13.1 Å². The van der Waals surface area contributed by atoms with Gasteiger partial charge in [-0.1, -0.05) is 30.9 Å². The summed E-state index contributed by atoms with van der Waals surface area (Å²) in [5.41, 5.74) is -0.719. The van der Waals surface area contributed by atoms with Crippen LogP contribution in [0.1, 0.15) is 37.7 Å². The number of aromatic nitrogens is 1. The van der Waals surface area contributed by atoms with Crippen LogP contribution >= 0.6 is 11.6 Å². The Balaban J connectivity index is 1.82. The van der Waals surface area contributed by atoms with Crippen molar-refractivity contribution < 1.29 is 13.2 Å². The number of alkyl halides is 3. The van der Waals surface area contributed by atoms with Gasteiger partial charge in [-0.3, -0.25) is 0 Å².